The number of carbonyl (C=O) groups is 3. The van der Waals surface area contributed by atoms with E-state index in [0.717, 1.165) is 28.3 Å². The molecule has 0 bridgehead atoms. The lowest BCUT2D eigenvalue weighted by molar-refractivity contribution is -0.113. The Kier molecular flexibility index (Phi) is 8.11. The molecule has 1 aromatic carbocycles. The number of carbonyl (C=O) groups excluding carboxylic acids is 3. The van der Waals surface area contributed by atoms with Crippen molar-refractivity contribution < 1.29 is 19.1 Å². The molecule has 3 aromatic rings. The minimum Gasteiger partial charge on any atom is -0.465 e. The molecule has 2 heterocycles. The van der Waals surface area contributed by atoms with Gasteiger partial charge in [0.05, 0.1) is 23.3 Å². The normalized spacial score (nSPS) is 10.8. The fourth-order valence-corrected chi connectivity index (χ4v) is 5.39. The number of rotatable bonds is 8. The third-order valence-electron chi connectivity index (χ3n) is 5.14. The van der Waals surface area contributed by atoms with E-state index in [-0.39, 0.29) is 28.1 Å². The maximum Gasteiger partial charge on any atom is 0.341 e. The first kappa shape index (κ1) is 25.4. The molecule has 1 N–H and O–H groups in total. The second-order valence-corrected chi connectivity index (χ2v) is 9.62. The van der Waals surface area contributed by atoms with Crippen molar-refractivity contribution in [2.45, 2.75) is 32.5 Å². The molecular weight excluding hydrogens is 474 g/mol. The summed E-state index contributed by atoms with van der Waals surface area (Å²) in [6.45, 7) is 6.32. The van der Waals surface area contributed by atoms with Gasteiger partial charge >= 0.3 is 5.97 Å². The Bertz CT molecular complexity index is 1230. The summed E-state index contributed by atoms with van der Waals surface area (Å²) in [6.07, 6.45) is 0. The Hall–Kier alpha value is -3.18. The topological polar surface area (TPSA) is 106 Å². The average molecular weight is 502 g/mol. The van der Waals surface area contributed by atoms with Crippen LogP contribution in [0.15, 0.2) is 29.4 Å². The van der Waals surface area contributed by atoms with Gasteiger partial charge in [0, 0.05) is 26.2 Å². The Labute approximate surface area is 206 Å². The molecule has 0 aliphatic heterocycles. The van der Waals surface area contributed by atoms with E-state index in [4.69, 9.17) is 4.74 Å². The molecule has 180 valence electrons. The van der Waals surface area contributed by atoms with Crippen LogP contribution in [0.4, 0.5) is 5.00 Å². The van der Waals surface area contributed by atoms with E-state index in [1.54, 1.807) is 21.0 Å². The first-order valence-electron chi connectivity index (χ1n) is 10.5. The fraction of sp³-hybridized carbons (Fsp3) is 0.348. The van der Waals surface area contributed by atoms with Crippen molar-refractivity contribution in [2.75, 3.05) is 32.3 Å². The first-order valence-corrected chi connectivity index (χ1v) is 12.3. The minimum atomic E-state index is -0.608. The molecule has 0 unspecified atom stereocenters. The predicted octanol–water partition coefficient (Wildman–Crippen LogP) is 3.86. The smallest absolute Gasteiger partial charge is 0.341 e. The second-order valence-electron chi connectivity index (χ2n) is 7.65. The number of hydrogen-bond donors (Lipinski definition) is 1. The number of anilines is 1. The van der Waals surface area contributed by atoms with Crippen molar-refractivity contribution in [3.05, 3.63) is 45.8 Å². The van der Waals surface area contributed by atoms with E-state index in [2.05, 4.69) is 15.5 Å². The number of benzene rings is 1. The van der Waals surface area contributed by atoms with Crippen LogP contribution in [0.5, 0.6) is 0 Å². The standard InChI is InChI=1S/C23H27N5O4S2/c1-7-28-19(15-11-9-8-10-13(15)2)25-26-23(28)33-12-16(29)24-20-17(22(31)32-6)14(3)18(34-20)21(30)27(4)5/h8-11H,7,12H2,1-6H3,(H,24,29). The van der Waals surface area contributed by atoms with Crippen molar-refractivity contribution in [2.24, 2.45) is 0 Å². The Morgan fingerprint density at radius 2 is 1.88 bits per heavy atom. The molecule has 0 fully saturated rings. The molecule has 11 heteroatoms. The van der Waals surface area contributed by atoms with Gasteiger partial charge in [0.15, 0.2) is 11.0 Å². The van der Waals surface area contributed by atoms with Crippen molar-refractivity contribution in [3.63, 3.8) is 0 Å². The van der Waals surface area contributed by atoms with Gasteiger partial charge in [-0.3, -0.25) is 9.59 Å². The van der Waals surface area contributed by atoms with Gasteiger partial charge in [0.1, 0.15) is 5.00 Å². The van der Waals surface area contributed by atoms with Crippen LogP contribution in [0.2, 0.25) is 0 Å². The number of hydrogen-bond acceptors (Lipinski definition) is 8. The van der Waals surface area contributed by atoms with Gasteiger partial charge in [0.2, 0.25) is 5.91 Å². The fourth-order valence-electron chi connectivity index (χ4n) is 3.35. The maximum atomic E-state index is 12.8. The van der Waals surface area contributed by atoms with E-state index in [9.17, 15) is 14.4 Å². The molecule has 0 aliphatic carbocycles. The van der Waals surface area contributed by atoms with E-state index in [0.29, 0.717) is 22.1 Å². The van der Waals surface area contributed by atoms with Crippen LogP contribution < -0.4 is 5.32 Å². The summed E-state index contributed by atoms with van der Waals surface area (Å²) >= 11 is 2.31. The van der Waals surface area contributed by atoms with Crippen molar-refractivity contribution in [1.29, 1.82) is 0 Å². The van der Waals surface area contributed by atoms with Crippen LogP contribution in [0.3, 0.4) is 0 Å². The molecule has 2 amide bonds. The monoisotopic (exact) mass is 501 g/mol. The van der Waals surface area contributed by atoms with E-state index >= 15 is 0 Å². The molecule has 34 heavy (non-hydrogen) atoms. The van der Waals surface area contributed by atoms with Crippen molar-refractivity contribution in [1.82, 2.24) is 19.7 Å². The predicted molar refractivity (Wildman–Crippen MR) is 134 cm³/mol. The van der Waals surface area contributed by atoms with Gasteiger partial charge in [-0.1, -0.05) is 36.0 Å². The van der Waals surface area contributed by atoms with Gasteiger partial charge in [-0.05, 0) is 31.9 Å². The largest absolute Gasteiger partial charge is 0.465 e. The number of aryl methyl sites for hydroxylation is 1. The van der Waals surface area contributed by atoms with Crippen LogP contribution in [-0.2, 0) is 16.1 Å². The summed E-state index contributed by atoms with van der Waals surface area (Å²) in [7, 11) is 4.52. The summed E-state index contributed by atoms with van der Waals surface area (Å²) in [5.41, 5.74) is 2.75. The second kappa shape index (κ2) is 10.8. The molecule has 0 atom stereocenters. The van der Waals surface area contributed by atoms with E-state index in [1.165, 1.54) is 23.8 Å². The molecule has 0 spiro atoms. The van der Waals surface area contributed by atoms with Crippen molar-refractivity contribution in [3.8, 4) is 11.4 Å². The van der Waals surface area contributed by atoms with Gasteiger partial charge < -0.3 is 19.5 Å². The van der Waals surface area contributed by atoms with Crippen LogP contribution in [0, 0.1) is 13.8 Å². The summed E-state index contributed by atoms with van der Waals surface area (Å²) in [5, 5.41) is 12.3. The Morgan fingerprint density at radius 1 is 1.18 bits per heavy atom. The molecule has 0 saturated heterocycles. The van der Waals surface area contributed by atoms with E-state index in [1.807, 2.05) is 42.7 Å². The highest BCUT2D eigenvalue weighted by atomic mass is 32.2. The molecule has 0 radical (unpaired) electrons. The number of methoxy groups -OCH3 is 1. The molecule has 2 aromatic heterocycles. The Morgan fingerprint density at radius 3 is 2.50 bits per heavy atom. The quantitative estimate of drug-likeness (QED) is 0.369. The lowest BCUT2D eigenvalue weighted by atomic mass is 10.1. The number of nitrogens with zero attached hydrogens (tertiary/aromatic N) is 4. The van der Waals surface area contributed by atoms with Gasteiger partial charge in [-0.2, -0.15) is 0 Å². The number of amides is 2. The highest BCUT2D eigenvalue weighted by molar-refractivity contribution is 7.99. The summed E-state index contributed by atoms with van der Waals surface area (Å²) < 4.78 is 6.83. The summed E-state index contributed by atoms with van der Waals surface area (Å²) in [5.74, 6) is -0.383. The molecule has 3 rings (SSSR count). The SMILES string of the molecule is CCn1c(SCC(=O)Nc2sc(C(=O)N(C)C)c(C)c2C(=O)OC)nnc1-c1ccccc1C. The molecular formula is C23H27N5O4S2. The number of aromatic nitrogens is 3. The highest BCUT2D eigenvalue weighted by Crippen LogP contribution is 2.34. The lowest BCUT2D eigenvalue weighted by Gasteiger charge is -2.09. The maximum absolute atomic E-state index is 12.8. The lowest BCUT2D eigenvalue weighted by Crippen LogP contribution is -2.21. The van der Waals surface area contributed by atoms with Crippen LogP contribution in [0.1, 0.15) is 38.1 Å². The summed E-state index contributed by atoms with van der Waals surface area (Å²) in [6, 6.07) is 7.93. The first-order chi connectivity index (χ1) is 16.2. The molecule has 0 aliphatic rings. The zero-order chi connectivity index (χ0) is 25.0. The Balaban J connectivity index is 1.80. The minimum absolute atomic E-state index is 0.0560. The zero-order valence-electron chi connectivity index (χ0n) is 20.0. The van der Waals surface area contributed by atoms with Gasteiger partial charge in [-0.15, -0.1) is 21.5 Å². The van der Waals surface area contributed by atoms with Crippen LogP contribution in [0.25, 0.3) is 11.4 Å². The van der Waals surface area contributed by atoms with Gasteiger partial charge in [-0.25, -0.2) is 4.79 Å². The van der Waals surface area contributed by atoms with Crippen LogP contribution >= 0.6 is 23.1 Å². The van der Waals surface area contributed by atoms with E-state index < -0.39 is 5.97 Å². The number of thiophene rings is 1. The van der Waals surface area contributed by atoms with Crippen molar-refractivity contribution >= 4 is 45.9 Å². The number of ether oxygens (including phenoxy) is 1. The third kappa shape index (κ3) is 5.15. The highest BCUT2D eigenvalue weighted by Gasteiger charge is 2.27. The number of nitrogens with one attached hydrogen (secondary N) is 1. The van der Waals surface area contributed by atoms with Crippen LogP contribution in [-0.4, -0.2) is 64.4 Å². The third-order valence-corrected chi connectivity index (χ3v) is 7.30. The average Bonchev–Trinajstić information content (AvgIpc) is 3.37. The number of thioether (sulfide) groups is 1. The van der Waals surface area contributed by atoms with Gasteiger partial charge in [0.25, 0.3) is 5.91 Å². The summed E-state index contributed by atoms with van der Waals surface area (Å²) in [4.78, 5) is 39.4. The number of esters is 1. The molecule has 0 saturated carbocycles. The molecule has 9 nitrogen and oxygen atoms in total. The zero-order valence-corrected chi connectivity index (χ0v) is 21.6.